The van der Waals surface area contributed by atoms with Crippen molar-refractivity contribution in [1.29, 1.82) is 0 Å². The third-order valence-electron chi connectivity index (χ3n) is 2.89. The first kappa shape index (κ1) is 15.9. The monoisotopic (exact) mass is 295 g/mol. The number of esters is 1. The minimum atomic E-state index is -3.85. The molecule has 1 aliphatic heterocycles. The average Bonchev–Trinajstić information content (AvgIpc) is 2.83. The lowest BCUT2D eigenvalue weighted by Gasteiger charge is -2.15. The maximum absolute atomic E-state index is 11.7. The van der Waals surface area contributed by atoms with E-state index in [1.807, 2.05) is 0 Å². The van der Waals surface area contributed by atoms with E-state index in [-0.39, 0.29) is 6.54 Å². The zero-order valence-electron chi connectivity index (χ0n) is 10.7. The van der Waals surface area contributed by atoms with Crippen LogP contribution in [0.2, 0.25) is 0 Å². The summed E-state index contributed by atoms with van der Waals surface area (Å²) in [5.41, 5.74) is 0. The molecule has 0 radical (unpaired) electrons. The molecule has 0 amide bonds. The van der Waals surface area contributed by atoms with Crippen molar-refractivity contribution < 1.29 is 32.6 Å². The van der Waals surface area contributed by atoms with Gasteiger partial charge in [-0.3, -0.25) is 4.79 Å². The Morgan fingerprint density at radius 3 is 2.58 bits per heavy atom. The molecule has 1 rings (SSSR count). The van der Waals surface area contributed by atoms with E-state index in [0.717, 1.165) is 7.11 Å². The number of carboxylic acids is 1. The molecule has 19 heavy (non-hydrogen) atoms. The third kappa shape index (κ3) is 4.15. The van der Waals surface area contributed by atoms with Crippen molar-refractivity contribution in [2.45, 2.75) is 37.2 Å². The summed E-state index contributed by atoms with van der Waals surface area (Å²) in [6, 6.07) is 0. The van der Waals surface area contributed by atoms with Crippen LogP contribution in [0.1, 0.15) is 19.8 Å². The minimum absolute atomic E-state index is 0.0621. The van der Waals surface area contributed by atoms with Crippen molar-refractivity contribution in [3.63, 3.8) is 0 Å². The summed E-state index contributed by atoms with van der Waals surface area (Å²) in [4.78, 5) is 21.8. The lowest BCUT2D eigenvalue weighted by atomic mass is 10.2. The summed E-state index contributed by atoms with van der Waals surface area (Å²) >= 11 is 0. The summed E-state index contributed by atoms with van der Waals surface area (Å²) in [6.07, 6.45) is -0.603. The molecule has 8 nitrogen and oxygen atoms in total. The van der Waals surface area contributed by atoms with Crippen molar-refractivity contribution in [2.24, 2.45) is 0 Å². The molecule has 0 bridgehead atoms. The van der Waals surface area contributed by atoms with Gasteiger partial charge in [-0.25, -0.2) is 17.9 Å². The molecule has 0 aromatic rings. The Hall–Kier alpha value is -1.19. The van der Waals surface area contributed by atoms with Gasteiger partial charge in [-0.15, -0.1) is 0 Å². The molecule has 0 aromatic carbocycles. The third-order valence-corrected chi connectivity index (χ3v) is 4.59. The Balaban J connectivity index is 2.49. The highest BCUT2D eigenvalue weighted by Crippen LogP contribution is 2.19. The second kappa shape index (κ2) is 6.31. The lowest BCUT2D eigenvalue weighted by molar-refractivity contribution is -0.149. The van der Waals surface area contributed by atoms with Crippen molar-refractivity contribution >= 4 is 22.0 Å². The van der Waals surface area contributed by atoms with Crippen LogP contribution in [0.5, 0.6) is 0 Å². The molecule has 1 aliphatic rings. The van der Waals surface area contributed by atoms with Gasteiger partial charge >= 0.3 is 11.9 Å². The molecule has 0 saturated carbocycles. The molecule has 3 atom stereocenters. The number of carboxylic acid groups (broad SMARTS) is 1. The first-order chi connectivity index (χ1) is 8.77. The summed E-state index contributed by atoms with van der Waals surface area (Å²) in [6.45, 7) is 1.15. The van der Waals surface area contributed by atoms with Crippen molar-refractivity contribution in [2.75, 3.05) is 13.7 Å². The summed E-state index contributed by atoms with van der Waals surface area (Å²) < 4.78 is 35.2. The Morgan fingerprint density at radius 1 is 1.47 bits per heavy atom. The SMILES string of the molecule is COC(=O)C(C)S(=O)(=O)NCC1CCC(C(=O)O)O1. The maximum Gasteiger partial charge on any atom is 0.332 e. The first-order valence-corrected chi connectivity index (χ1v) is 7.27. The van der Waals surface area contributed by atoms with Crippen LogP contribution in [0, 0.1) is 0 Å². The largest absolute Gasteiger partial charge is 0.479 e. The number of ether oxygens (including phenoxy) is 2. The van der Waals surface area contributed by atoms with Crippen LogP contribution in [0.4, 0.5) is 0 Å². The predicted octanol–water partition coefficient (Wildman–Crippen LogP) is -0.900. The predicted molar refractivity (Wildman–Crippen MR) is 63.9 cm³/mol. The van der Waals surface area contributed by atoms with E-state index in [1.54, 1.807) is 0 Å². The van der Waals surface area contributed by atoms with Crippen LogP contribution in [0.3, 0.4) is 0 Å². The molecule has 0 aliphatic carbocycles. The van der Waals surface area contributed by atoms with E-state index in [2.05, 4.69) is 9.46 Å². The fourth-order valence-electron chi connectivity index (χ4n) is 1.66. The fraction of sp³-hybridized carbons (Fsp3) is 0.800. The number of nitrogens with one attached hydrogen (secondary N) is 1. The zero-order chi connectivity index (χ0) is 14.6. The summed E-state index contributed by atoms with van der Waals surface area (Å²) in [7, 11) is -2.75. The van der Waals surface area contributed by atoms with E-state index in [4.69, 9.17) is 9.84 Å². The van der Waals surface area contributed by atoms with Gasteiger partial charge in [0.2, 0.25) is 10.0 Å². The molecule has 2 N–H and O–H groups in total. The van der Waals surface area contributed by atoms with Crippen LogP contribution >= 0.6 is 0 Å². The summed E-state index contributed by atoms with van der Waals surface area (Å²) in [5, 5.41) is 7.40. The van der Waals surface area contributed by atoms with Gasteiger partial charge in [0.05, 0.1) is 13.2 Å². The Bertz CT molecular complexity index is 447. The number of methoxy groups -OCH3 is 1. The standard InChI is InChI=1S/C10H17NO7S/c1-6(10(14)17-2)19(15,16)11-5-7-3-4-8(18-7)9(12)13/h6-8,11H,3-5H2,1-2H3,(H,12,13). The lowest BCUT2D eigenvalue weighted by Crippen LogP contribution is -2.41. The van der Waals surface area contributed by atoms with Gasteiger partial charge in [-0.05, 0) is 19.8 Å². The van der Waals surface area contributed by atoms with E-state index in [9.17, 15) is 18.0 Å². The second-order valence-electron chi connectivity index (χ2n) is 4.22. The topological polar surface area (TPSA) is 119 Å². The van der Waals surface area contributed by atoms with E-state index in [0.29, 0.717) is 12.8 Å². The van der Waals surface area contributed by atoms with Gasteiger partial charge in [0.25, 0.3) is 0 Å². The molecule has 1 fully saturated rings. The smallest absolute Gasteiger partial charge is 0.332 e. The van der Waals surface area contributed by atoms with Gasteiger partial charge in [0.15, 0.2) is 11.4 Å². The van der Waals surface area contributed by atoms with E-state index < -0.39 is 39.4 Å². The minimum Gasteiger partial charge on any atom is -0.479 e. The van der Waals surface area contributed by atoms with Crippen LogP contribution in [0.15, 0.2) is 0 Å². The molecular formula is C10H17NO7S. The molecule has 0 spiro atoms. The number of rotatable bonds is 6. The summed E-state index contributed by atoms with van der Waals surface area (Å²) in [5.74, 6) is -1.92. The number of hydrogen-bond donors (Lipinski definition) is 2. The Labute approximate surface area is 111 Å². The van der Waals surface area contributed by atoms with Gasteiger partial charge in [-0.1, -0.05) is 0 Å². The van der Waals surface area contributed by atoms with Crippen LogP contribution < -0.4 is 4.72 Å². The average molecular weight is 295 g/mol. The highest BCUT2D eigenvalue weighted by molar-refractivity contribution is 7.90. The fourth-order valence-corrected chi connectivity index (χ4v) is 2.68. The second-order valence-corrected chi connectivity index (χ2v) is 6.31. The number of aliphatic carboxylic acids is 1. The molecule has 3 unspecified atom stereocenters. The first-order valence-electron chi connectivity index (χ1n) is 5.72. The number of sulfonamides is 1. The molecular weight excluding hydrogens is 278 g/mol. The van der Waals surface area contributed by atoms with Crippen molar-refractivity contribution in [3.05, 3.63) is 0 Å². The van der Waals surface area contributed by atoms with Crippen LogP contribution in [-0.4, -0.2) is 56.6 Å². The molecule has 0 aromatic heterocycles. The van der Waals surface area contributed by atoms with Crippen LogP contribution in [-0.2, 0) is 29.1 Å². The van der Waals surface area contributed by atoms with Crippen LogP contribution in [0.25, 0.3) is 0 Å². The highest BCUT2D eigenvalue weighted by Gasteiger charge is 2.33. The van der Waals surface area contributed by atoms with Gasteiger partial charge in [-0.2, -0.15) is 0 Å². The van der Waals surface area contributed by atoms with Crippen molar-refractivity contribution in [3.8, 4) is 0 Å². The number of carbonyl (C=O) groups is 2. The van der Waals surface area contributed by atoms with E-state index in [1.165, 1.54) is 6.92 Å². The van der Waals surface area contributed by atoms with Gasteiger partial charge in [0, 0.05) is 6.54 Å². The number of carbonyl (C=O) groups excluding carboxylic acids is 1. The quantitative estimate of drug-likeness (QED) is 0.609. The van der Waals surface area contributed by atoms with E-state index >= 15 is 0 Å². The Morgan fingerprint density at radius 2 is 2.11 bits per heavy atom. The molecule has 9 heteroatoms. The van der Waals surface area contributed by atoms with Gasteiger partial charge < -0.3 is 14.6 Å². The zero-order valence-corrected chi connectivity index (χ0v) is 11.5. The number of hydrogen-bond acceptors (Lipinski definition) is 6. The molecule has 1 heterocycles. The highest BCUT2D eigenvalue weighted by atomic mass is 32.2. The normalized spacial score (nSPS) is 24.9. The molecule has 110 valence electrons. The Kier molecular flexibility index (Phi) is 5.27. The van der Waals surface area contributed by atoms with Gasteiger partial charge in [0.1, 0.15) is 0 Å². The molecule has 1 saturated heterocycles. The maximum atomic E-state index is 11.7. The van der Waals surface area contributed by atoms with Crippen molar-refractivity contribution in [1.82, 2.24) is 4.72 Å².